The van der Waals surface area contributed by atoms with Crippen molar-refractivity contribution in [3.05, 3.63) is 11.3 Å². The van der Waals surface area contributed by atoms with Crippen LogP contribution in [0.3, 0.4) is 0 Å². The van der Waals surface area contributed by atoms with E-state index in [1.54, 1.807) is 0 Å². The van der Waals surface area contributed by atoms with Gasteiger partial charge in [0.1, 0.15) is 0 Å². The number of rotatable bonds is 4. The van der Waals surface area contributed by atoms with Crippen molar-refractivity contribution in [1.82, 2.24) is 9.78 Å². The molecule has 16 heavy (non-hydrogen) atoms. The molecule has 1 fully saturated rings. The van der Waals surface area contributed by atoms with Crippen LogP contribution in [-0.4, -0.2) is 20.6 Å². The van der Waals surface area contributed by atoms with Gasteiger partial charge in [0.05, 0.1) is 17.3 Å². The monoisotopic (exact) mass is 240 g/mol. The quantitative estimate of drug-likeness (QED) is 0.822. The highest BCUT2D eigenvalue weighted by Gasteiger charge is 2.18. The maximum atomic E-state index is 9.34. The van der Waals surface area contributed by atoms with Crippen molar-refractivity contribution in [2.75, 3.05) is 5.75 Å². The van der Waals surface area contributed by atoms with E-state index in [9.17, 15) is 5.11 Å². The lowest BCUT2D eigenvalue weighted by molar-refractivity contribution is 0.277. The molecule has 1 aliphatic rings. The van der Waals surface area contributed by atoms with E-state index in [1.807, 2.05) is 30.4 Å². The summed E-state index contributed by atoms with van der Waals surface area (Å²) in [5.74, 6) is 2.04. The summed E-state index contributed by atoms with van der Waals surface area (Å²) in [6.07, 6.45) is 5.53. The summed E-state index contributed by atoms with van der Waals surface area (Å²) in [6.45, 7) is 2.07. The lowest BCUT2D eigenvalue weighted by atomic mass is 10.1. The van der Waals surface area contributed by atoms with Crippen molar-refractivity contribution in [2.45, 2.75) is 44.2 Å². The van der Waals surface area contributed by atoms with Crippen molar-refractivity contribution < 1.29 is 5.11 Å². The van der Waals surface area contributed by atoms with Crippen molar-refractivity contribution in [3.8, 4) is 0 Å². The summed E-state index contributed by atoms with van der Waals surface area (Å²) < 4.78 is 1.90. The molecule has 0 aliphatic heterocycles. The second-order valence-electron chi connectivity index (χ2n) is 4.61. The number of aryl methyl sites for hydroxylation is 2. The summed E-state index contributed by atoms with van der Waals surface area (Å²) in [6, 6.07) is 0. The molecular weight excluding hydrogens is 220 g/mol. The zero-order chi connectivity index (χ0) is 11.5. The number of thioether (sulfide) groups is 1. The molecule has 1 aromatic rings. The van der Waals surface area contributed by atoms with Gasteiger partial charge in [0.15, 0.2) is 0 Å². The average Bonchev–Trinajstić information content (AvgIpc) is 2.83. The van der Waals surface area contributed by atoms with E-state index in [0.717, 1.165) is 22.2 Å². The molecule has 1 N–H and O–H groups in total. The number of aliphatic hydroxyl groups excluding tert-OH is 1. The molecule has 3 nitrogen and oxygen atoms in total. The summed E-state index contributed by atoms with van der Waals surface area (Å²) in [5, 5.41) is 14.8. The van der Waals surface area contributed by atoms with Gasteiger partial charge >= 0.3 is 0 Å². The summed E-state index contributed by atoms with van der Waals surface area (Å²) in [5.41, 5.74) is 1.96. The van der Waals surface area contributed by atoms with Gasteiger partial charge in [-0.3, -0.25) is 4.68 Å². The molecule has 0 bridgehead atoms. The Kier molecular flexibility index (Phi) is 3.92. The Morgan fingerprint density at radius 2 is 2.12 bits per heavy atom. The minimum atomic E-state index is 0.104. The van der Waals surface area contributed by atoms with Crippen LogP contribution in [0, 0.1) is 12.8 Å². The highest BCUT2D eigenvalue weighted by molar-refractivity contribution is 7.99. The van der Waals surface area contributed by atoms with E-state index in [-0.39, 0.29) is 6.61 Å². The topological polar surface area (TPSA) is 38.0 Å². The van der Waals surface area contributed by atoms with Gasteiger partial charge in [-0.1, -0.05) is 12.8 Å². The Bertz CT molecular complexity index is 356. The predicted octanol–water partition coefficient (Wildman–Crippen LogP) is 2.50. The predicted molar refractivity (Wildman–Crippen MR) is 66.5 cm³/mol. The zero-order valence-corrected chi connectivity index (χ0v) is 10.9. The zero-order valence-electron chi connectivity index (χ0n) is 10.1. The third kappa shape index (κ3) is 2.43. The fourth-order valence-corrected chi connectivity index (χ4v) is 3.76. The second kappa shape index (κ2) is 5.23. The van der Waals surface area contributed by atoms with Gasteiger partial charge in [0, 0.05) is 18.4 Å². The Morgan fingerprint density at radius 1 is 1.44 bits per heavy atom. The standard InChI is InChI=1S/C12H20N2OS/c1-9-11(7-15)12(14(2)13-9)16-8-10-5-3-4-6-10/h10,15H,3-8H2,1-2H3. The Labute approximate surface area is 101 Å². The van der Waals surface area contributed by atoms with E-state index in [1.165, 1.54) is 31.4 Å². The Morgan fingerprint density at radius 3 is 2.75 bits per heavy atom. The molecular formula is C12H20N2OS. The van der Waals surface area contributed by atoms with Crippen LogP contribution >= 0.6 is 11.8 Å². The van der Waals surface area contributed by atoms with Crippen LogP contribution in [0.2, 0.25) is 0 Å². The molecule has 0 atom stereocenters. The second-order valence-corrected chi connectivity index (χ2v) is 5.62. The first-order valence-electron chi connectivity index (χ1n) is 5.98. The maximum Gasteiger partial charge on any atom is 0.0994 e. The largest absolute Gasteiger partial charge is 0.392 e. The average molecular weight is 240 g/mol. The number of nitrogens with zero attached hydrogens (tertiary/aromatic N) is 2. The van der Waals surface area contributed by atoms with Gasteiger partial charge in [-0.25, -0.2) is 0 Å². The number of hydrogen-bond donors (Lipinski definition) is 1. The van der Waals surface area contributed by atoms with Gasteiger partial charge in [0.2, 0.25) is 0 Å². The summed E-state index contributed by atoms with van der Waals surface area (Å²) in [4.78, 5) is 0. The first-order valence-corrected chi connectivity index (χ1v) is 6.97. The Hall–Kier alpha value is -0.480. The normalized spacial score (nSPS) is 17.2. The minimum absolute atomic E-state index is 0.104. The number of aromatic nitrogens is 2. The van der Waals surface area contributed by atoms with E-state index in [2.05, 4.69) is 5.10 Å². The molecule has 0 amide bonds. The molecule has 1 aliphatic carbocycles. The number of hydrogen-bond acceptors (Lipinski definition) is 3. The van der Waals surface area contributed by atoms with Crippen molar-refractivity contribution in [3.63, 3.8) is 0 Å². The van der Waals surface area contributed by atoms with Crippen LogP contribution in [0.15, 0.2) is 5.03 Å². The molecule has 0 aromatic carbocycles. The Balaban J connectivity index is 2.02. The van der Waals surface area contributed by atoms with Crippen LogP contribution in [0.5, 0.6) is 0 Å². The lowest BCUT2D eigenvalue weighted by Gasteiger charge is -2.09. The fraction of sp³-hybridized carbons (Fsp3) is 0.750. The molecule has 0 unspecified atom stereocenters. The van der Waals surface area contributed by atoms with Crippen LogP contribution in [0.25, 0.3) is 0 Å². The molecule has 0 radical (unpaired) electrons. The molecule has 2 rings (SSSR count). The van der Waals surface area contributed by atoms with Crippen molar-refractivity contribution in [1.29, 1.82) is 0 Å². The first-order chi connectivity index (χ1) is 7.72. The van der Waals surface area contributed by atoms with Crippen LogP contribution < -0.4 is 0 Å². The van der Waals surface area contributed by atoms with E-state index >= 15 is 0 Å². The van der Waals surface area contributed by atoms with Crippen molar-refractivity contribution >= 4 is 11.8 Å². The van der Waals surface area contributed by atoms with Gasteiger partial charge in [-0.2, -0.15) is 5.10 Å². The lowest BCUT2D eigenvalue weighted by Crippen LogP contribution is -2.00. The van der Waals surface area contributed by atoms with E-state index in [0.29, 0.717) is 0 Å². The maximum absolute atomic E-state index is 9.34. The highest BCUT2D eigenvalue weighted by atomic mass is 32.2. The van der Waals surface area contributed by atoms with Gasteiger partial charge in [-0.05, 0) is 25.7 Å². The van der Waals surface area contributed by atoms with Crippen LogP contribution in [0.4, 0.5) is 0 Å². The first kappa shape index (κ1) is 12.0. The minimum Gasteiger partial charge on any atom is -0.392 e. The summed E-state index contributed by atoms with van der Waals surface area (Å²) >= 11 is 1.86. The fourth-order valence-electron chi connectivity index (χ4n) is 2.42. The van der Waals surface area contributed by atoms with Gasteiger partial charge < -0.3 is 5.11 Å². The molecule has 1 aromatic heterocycles. The van der Waals surface area contributed by atoms with Crippen LogP contribution in [0.1, 0.15) is 36.9 Å². The third-order valence-corrected chi connectivity index (χ3v) is 4.80. The number of aliphatic hydroxyl groups is 1. The van der Waals surface area contributed by atoms with E-state index < -0.39 is 0 Å². The van der Waals surface area contributed by atoms with Crippen LogP contribution in [-0.2, 0) is 13.7 Å². The van der Waals surface area contributed by atoms with Crippen molar-refractivity contribution in [2.24, 2.45) is 13.0 Å². The van der Waals surface area contributed by atoms with E-state index in [4.69, 9.17) is 0 Å². The molecule has 1 saturated carbocycles. The van der Waals surface area contributed by atoms with Gasteiger partial charge in [-0.15, -0.1) is 11.8 Å². The molecule has 1 heterocycles. The molecule has 0 spiro atoms. The SMILES string of the molecule is Cc1nn(C)c(SCC2CCCC2)c1CO. The third-order valence-electron chi connectivity index (χ3n) is 3.38. The molecule has 0 saturated heterocycles. The molecule has 4 heteroatoms. The van der Waals surface area contributed by atoms with Gasteiger partial charge in [0.25, 0.3) is 0 Å². The molecule has 90 valence electrons. The smallest absolute Gasteiger partial charge is 0.0994 e. The summed E-state index contributed by atoms with van der Waals surface area (Å²) in [7, 11) is 1.96. The highest BCUT2D eigenvalue weighted by Crippen LogP contribution is 2.32.